The predicted octanol–water partition coefficient (Wildman–Crippen LogP) is 0.264. The number of likely N-dealkylation sites (tertiary alicyclic amines) is 1. The predicted molar refractivity (Wildman–Crippen MR) is 76.8 cm³/mol. The zero-order chi connectivity index (χ0) is 15.4. The van der Waals surface area contributed by atoms with Gasteiger partial charge in [-0.05, 0) is 33.6 Å². The number of amides is 1. The Labute approximate surface area is 120 Å². The van der Waals surface area contributed by atoms with E-state index in [4.69, 9.17) is 9.88 Å². The van der Waals surface area contributed by atoms with Crippen LogP contribution in [0.2, 0.25) is 0 Å². The molecule has 1 amide bonds. The number of rotatable bonds is 4. The van der Waals surface area contributed by atoms with Crippen LogP contribution in [0.3, 0.4) is 0 Å². The molecule has 0 aromatic rings. The van der Waals surface area contributed by atoms with Gasteiger partial charge in [0.05, 0.1) is 5.75 Å². The van der Waals surface area contributed by atoms with Crippen LogP contribution in [0.25, 0.3) is 0 Å². The van der Waals surface area contributed by atoms with Crippen molar-refractivity contribution >= 4 is 16.1 Å². The number of carbonyl (C=O) groups is 1. The van der Waals surface area contributed by atoms with Crippen LogP contribution in [0.15, 0.2) is 0 Å². The molecule has 0 radical (unpaired) electrons. The third-order valence-electron chi connectivity index (χ3n) is 2.89. The second-order valence-electron chi connectivity index (χ2n) is 6.09. The van der Waals surface area contributed by atoms with Crippen molar-refractivity contribution in [2.75, 3.05) is 25.4 Å². The van der Waals surface area contributed by atoms with Crippen molar-refractivity contribution in [2.45, 2.75) is 45.3 Å². The van der Waals surface area contributed by atoms with Crippen molar-refractivity contribution < 1.29 is 17.9 Å². The molecule has 0 saturated carbocycles. The Morgan fingerprint density at radius 1 is 1.45 bits per heavy atom. The maximum Gasteiger partial charge on any atom is 0.410 e. The second kappa shape index (κ2) is 6.73. The Bertz CT molecular complexity index is 430. The highest BCUT2D eigenvalue weighted by Gasteiger charge is 2.27. The molecule has 20 heavy (non-hydrogen) atoms. The molecule has 118 valence electrons. The highest BCUT2D eigenvalue weighted by molar-refractivity contribution is 7.89. The van der Waals surface area contributed by atoms with Gasteiger partial charge in [-0.15, -0.1) is 0 Å². The molecule has 7 nitrogen and oxygen atoms in total. The summed E-state index contributed by atoms with van der Waals surface area (Å²) in [6.07, 6.45) is 1.45. The molecule has 1 unspecified atom stereocenters. The Hall–Kier alpha value is -0.860. The Kier molecular flexibility index (Phi) is 5.79. The zero-order valence-corrected chi connectivity index (χ0v) is 13.2. The lowest BCUT2D eigenvalue weighted by Crippen LogP contribution is -2.50. The number of carbonyl (C=O) groups excluding carboxylic acids is 1. The number of nitrogens with zero attached hydrogens (tertiary/aromatic N) is 1. The van der Waals surface area contributed by atoms with Crippen LogP contribution in [0.1, 0.15) is 33.6 Å². The molecule has 1 fully saturated rings. The molecular weight excluding hydrogens is 282 g/mol. The number of ether oxygens (including phenoxy) is 1. The number of nitrogens with two attached hydrogens (primary N) is 1. The standard InChI is InChI=1S/C12H25N3O4S/c1-12(2,3)19-11(16)15-7-4-5-10(9-15)14-6-8-20(13,17)18/h10,14H,4-9H2,1-3H3,(H2,13,17,18). The van der Waals surface area contributed by atoms with Crippen LogP contribution in [-0.2, 0) is 14.8 Å². The first-order valence-corrected chi connectivity index (χ1v) is 8.50. The summed E-state index contributed by atoms with van der Waals surface area (Å²) in [6, 6.07) is 0.0815. The van der Waals surface area contributed by atoms with E-state index in [2.05, 4.69) is 5.32 Å². The van der Waals surface area contributed by atoms with E-state index in [9.17, 15) is 13.2 Å². The number of hydrogen-bond donors (Lipinski definition) is 2. The van der Waals surface area contributed by atoms with Crippen molar-refractivity contribution in [1.82, 2.24) is 10.2 Å². The molecule has 1 heterocycles. The fourth-order valence-corrected chi connectivity index (χ4v) is 2.44. The third kappa shape index (κ3) is 7.06. The molecule has 3 N–H and O–H groups in total. The van der Waals surface area contributed by atoms with E-state index >= 15 is 0 Å². The number of hydrogen-bond acceptors (Lipinski definition) is 5. The van der Waals surface area contributed by atoms with Crippen LogP contribution >= 0.6 is 0 Å². The fourth-order valence-electron chi connectivity index (χ4n) is 2.04. The van der Waals surface area contributed by atoms with E-state index in [1.807, 2.05) is 20.8 Å². The molecule has 0 aliphatic carbocycles. The highest BCUT2D eigenvalue weighted by atomic mass is 32.2. The fraction of sp³-hybridized carbons (Fsp3) is 0.917. The first kappa shape index (κ1) is 17.2. The smallest absolute Gasteiger partial charge is 0.410 e. The monoisotopic (exact) mass is 307 g/mol. The lowest BCUT2D eigenvalue weighted by molar-refractivity contribution is 0.0188. The lowest BCUT2D eigenvalue weighted by Gasteiger charge is -2.34. The van der Waals surface area contributed by atoms with Crippen LogP contribution in [0.4, 0.5) is 4.79 Å². The molecule has 1 aliphatic heterocycles. The Balaban J connectivity index is 2.40. The molecule has 8 heteroatoms. The second-order valence-corrected chi connectivity index (χ2v) is 7.82. The summed E-state index contributed by atoms with van der Waals surface area (Å²) in [7, 11) is -3.45. The Morgan fingerprint density at radius 3 is 2.65 bits per heavy atom. The molecule has 0 aromatic heterocycles. The average molecular weight is 307 g/mol. The molecule has 0 bridgehead atoms. The molecule has 1 atom stereocenters. The summed E-state index contributed by atoms with van der Waals surface area (Å²) in [5, 5.41) is 8.06. The first-order chi connectivity index (χ1) is 9.07. The van der Waals surface area contributed by atoms with Gasteiger partial charge in [0.25, 0.3) is 0 Å². The summed E-state index contributed by atoms with van der Waals surface area (Å²) < 4.78 is 27.0. The van der Waals surface area contributed by atoms with E-state index in [0.717, 1.165) is 12.8 Å². The van der Waals surface area contributed by atoms with Gasteiger partial charge in [0.2, 0.25) is 10.0 Å². The first-order valence-electron chi connectivity index (χ1n) is 6.78. The van der Waals surface area contributed by atoms with Gasteiger partial charge < -0.3 is 15.0 Å². The number of primary sulfonamides is 1. The molecule has 0 aromatic carbocycles. The van der Waals surface area contributed by atoms with Crippen molar-refractivity contribution in [3.63, 3.8) is 0 Å². The number of nitrogens with one attached hydrogen (secondary N) is 1. The topological polar surface area (TPSA) is 102 Å². The summed E-state index contributed by atoms with van der Waals surface area (Å²) >= 11 is 0. The van der Waals surface area contributed by atoms with Crippen LogP contribution < -0.4 is 10.5 Å². The zero-order valence-electron chi connectivity index (χ0n) is 12.4. The highest BCUT2D eigenvalue weighted by Crippen LogP contribution is 2.15. The normalized spacial score (nSPS) is 20.8. The maximum atomic E-state index is 12.0. The van der Waals surface area contributed by atoms with Crippen molar-refractivity contribution in [3.05, 3.63) is 0 Å². The molecule has 0 spiro atoms. The van der Waals surface area contributed by atoms with E-state index in [-0.39, 0.29) is 17.9 Å². The van der Waals surface area contributed by atoms with Crippen LogP contribution in [-0.4, -0.2) is 56.4 Å². The van der Waals surface area contributed by atoms with Gasteiger partial charge in [0.15, 0.2) is 0 Å². The summed E-state index contributed by atoms with van der Waals surface area (Å²) in [5.74, 6) is -0.101. The van der Waals surface area contributed by atoms with E-state index in [1.54, 1.807) is 4.90 Å². The van der Waals surface area contributed by atoms with Gasteiger partial charge >= 0.3 is 6.09 Å². The van der Waals surface area contributed by atoms with Gasteiger partial charge in [-0.25, -0.2) is 18.4 Å². The van der Waals surface area contributed by atoms with Crippen molar-refractivity contribution in [3.8, 4) is 0 Å². The Morgan fingerprint density at radius 2 is 2.10 bits per heavy atom. The van der Waals surface area contributed by atoms with Gasteiger partial charge in [0.1, 0.15) is 5.60 Å². The molecule has 1 rings (SSSR count). The van der Waals surface area contributed by atoms with E-state index in [0.29, 0.717) is 19.6 Å². The SMILES string of the molecule is CC(C)(C)OC(=O)N1CCCC(NCCS(N)(=O)=O)C1. The number of sulfonamides is 1. The molecule has 1 aliphatic rings. The van der Waals surface area contributed by atoms with Gasteiger partial charge in [-0.1, -0.05) is 0 Å². The minimum atomic E-state index is -3.45. The maximum absolute atomic E-state index is 12.0. The average Bonchev–Trinajstić information content (AvgIpc) is 2.25. The minimum absolute atomic E-state index is 0.0815. The third-order valence-corrected chi connectivity index (χ3v) is 3.67. The minimum Gasteiger partial charge on any atom is -0.444 e. The molecule has 1 saturated heterocycles. The van der Waals surface area contributed by atoms with Gasteiger partial charge in [-0.3, -0.25) is 0 Å². The van der Waals surface area contributed by atoms with Crippen LogP contribution in [0.5, 0.6) is 0 Å². The number of piperidine rings is 1. The van der Waals surface area contributed by atoms with Crippen molar-refractivity contribution in [1.29, 1.82) is 0 Å². The molecular formula is C12H25N3O4S. The summed E-state index contributed by atoms with van der Waals surface area (Å²) in [5.41, 5.74) is -0.509. The van der Waals surface area contributed by atoms with Crippen molar-refractivity contribution in [2.24, 2.45) is 5.14 Å². The van der Waals surface area contributed by atoms with Crippen LogP contribution in [0, 0.1) is 0 Å². The largest absolute Gasteiger partial charge is 0.444 e. The van der Waals surface area contributed by atoms with Gasteiger partial charge in [-0.2, -0.15) is 0 Å². The quantitative estimate of drug-likeness (QED) is 0.776. The summed E-state index contributed by atoms with van der Waals surface area (Å²) in [6.45, 7) is 6.98. The van der Waals surface area contributed by atoms with E-state index in [1.165, 1.54) is 0 Å². The lowest BCUT2D eigenvalue weighted by atomic mass is 10.1. The summed E-state index contributed by atoms with van der Waals surface area (Å²) in [4.78, 5) is 13.6. The van der Waals surface area contributed by atoms with E-state index < -0.39 is 15.6 Å². The van der Waals surface area contributed by atoms with Gasteiger partial charge in [0, 0.05) is 25.7 Å².